The third-order valence-electron chi connectivity index (χ3n) is 2.94. The Bertz CT molecular complexity index is 314. The SMILES string of the molecule is CC(C)(C)[Si](Cl)(Cl)[Si](Cl)(Cl)N([Si](C)(C)C)[Si](C)(C)C. The molecule has 0 N–H and O–H groups in total. The Morgan fingerprint density at radius 2 is 0.947 bits per heavy atom. The third-order valence-corrected chi connectivity index (χ3v) is 45.0. The van der Waals surface area contributed by atoms with Gasteiger partial charge in [-0.25, -0.2) is 0 Å². The zero-order valence-electron chi connectivity index (χ0n) is 13.5. The van der Waals surface area contributed by atoms with Gasteiger partial charge in [-0.1, -0.05) is 60.1 Å². The van der Waals surface area contributed by atoms with Crippen LogP contribution in [0.4, 0.5) is 0 Å². The molecule has 9 heteroatoms. The van der Waals surface area contributed by atoms with Crippen LogP contribution in [0.5, 0.6) is 0 Å². The number of nitrogens with zero attached hydrogens (tertiary/aromatic N) is 1. The summed E-state index contributed by atoms with van der Waals surface area (Å²) < 4.78 is 2.44. The molecule has 0 atom stereocenters. The first kappa shape index (κ1) is 21.0. The van der Waals surface area contributed by atoms with Gasteiger partial charge in [-0.3, -0.25) is 0 Å². The fourth-order valence-electron chi connectivity index (χ4n) is 2.44. The molecule has 0 aromatic carbocycles. The maximum Gasteiger partial charge on any atom is 0.330 e. The topological polar surface area (TPSA) is 3.24 Å². The highest BCUT2D eigenvalue weighted by molar-refractivity contribution is 7.93. The summed E-state index contributed by atoms with van der Waals surface area (Å²) >= 11 is 27.5. The summed E-state index contributed by atoms with van der Waals surface area (Å²) in [7, 11) is -3.37. The van der Waals surface area contributed by atoms with Crippen molar-refractivity contribution in [2.45, 2.75) is 65.1 Å². The van der Waals surface area contributed by atoms with E-state index in [1.165, 1.54) is 0 Å². The van der Waals surface area contributed by atoms with Crippen LogP contribution in [0.25, 0.3) is 0 Å². The second-order valence-corrected chi connectivity index (χ2v) is 39.2. The van der Waals surface area contributed by atoms with E-state index in [4.69, 9.17) is 44.3 Å². The van der Waals surface area contributed by atoms with Gasteiger partial charge in [0.1, 0.15) is 16.5 Å². The second kappa shape index (κ2) is 5.89. The van der Waals surface area contributed by atoms with Gasteiger partial charge in [-0.2, -0.15) is 0 Å². The Morgan fingerprint density at radius 3 is 1.11 bits per heavy atom. The molecule has 0 saturated carbocycles. The Labute approximate surface area is 141 Å². The van der Waals surface area contributed by atoms with Gasteiger partial charge in [0, 0.05) is 0 Å². The minimum atomic E-state index is -2.90. The summed E-state index contributed by atoms with van der Waals surface area (Å²) in [6.45, 7) is 19.8. The molecular formula is C10H27Cl4NSi4. The molecule has 0 saturated heterocycles. The van der Waals surface area contributed by atoms with Crippen molar-refractivity contribution >= 4 is 73.4 Å². The van der Waals surface area contributed by atoms with Crippen molar-refractivity contribution in [3.63, 3.8) is 0 Å². The van der Waals surface area contributed by atoms with Crippen molar-refractivity contribution in [1.82, 2.24) is 3.90 Å². The number of hydrogen-bond acceptors (Lipinski definition) is 1. The standard InChI is InChI=1S/C10H27Cl4NSi4/c1-10(2,3)18(11,12)19(13,14)15(16(4,5)6)17(7,8)9/h1-9H3. The lowest BCUT2D eigenvalue weighted by atomic mass is 10.3. The van der Waals surface area contributed by atoms with Crippen molar-refractivity contribution in [2.24, 2.45) is 0 Å². The van der Waals surface area contributed by atoms with Gasteiger partial charge in [0.15, 0.2) is 0 Å². The van der Waals surface area contributed by atoms with Crippen LogP contribution >= 0.6 is 44.3 Å². The average molecular weight is 415 g/mol. The number of hydrogen-bond donors (Lipinski definition) is 0. The van der Waals surface area contributed by atoms with Gasteiger partial charge in [-0.05, 0) is 5.04 Å². The number of halogens is 4. The molecule has 0 aromatic heterocycles. The van der Waals surface area contributed by atoms with Crippen LogP contribution in [-0.4, -0.2) is 33.0 Å². The lowest BCUT2D eigenvalue weighted by molar-refractivity contribution is 0.749. The van der Waals surface area contributed by atoms with E-state index in [0.717, 1.165) is 0 Å². The Balaban J connectivity index is 5.97. The van der Waals surface area contributed by atoms with E-state index >= 15 is 0 Å². The van der Waals surface area contributed by atoms with Crippen LogP contribution < -0.4 is 0 Å². The first-order chi connectivity index (χ1) is 7.87. The molecule has 0 radical (unpaired) electrons. The van der Waals surface area contributed by atoms with E-state index in [1.54, 1.807) is 0 Å². The van der Waals surface area contributed by atoms with Crippen LogP contribution in [0.3, 0.4) is 0 Å². The highest BCUT2D eigenvalue weighted by Gasteiger charge is 2.67. The maximum atomic E-state index is 6.95. The molecule has 0 bridgehead atoms. The van der Waals surface area contributed by atoms with Crippen LogP contribution in [-0.2, 0) is 0 Å². The summed E-state index contributed by atoms with van der Waals surface area (Å²) in [5, 5.41) is -0.233. The molecule has 0 fully saturated rings. The van der Waals surface area contributed by atoms with Crippen LogP contribution in [0.15, 0.2) is 0 Å². The maximum absolute atomic E-state index is 6.95. The normalized spacial score (nSPS) is 16.1. The molecule has 0 aromatic rings. The Hall–Kier alpha value is 1.99. The summed E-state index contributed by atoms with van der Waals surface area (Å²) in [5.74, 6) is 0. The van der Waals surface area contributed by atoms with Gasteiger partial charge >= 0.3 is 6.37 Å². The van der Waals surface area contributed by atoms with E-state index in [-0.39, 0.29) is 5.04 Å². The summed E-state index contributed by atoms with van der Waals surface area (Å²) in [4.78, 5) is 0. The van der Waals surface area contributed by atoms with Crippen LogP contribution in [0.2, 0.25) is 44.3 Å². The molecule has 116 valence electrons. The summed E-state index contributed by atoms with van der Waals surface area (Å²) in [5.41, 5.74) is 0. The third kappa shape index (κ3) is 4.48. The van der Waals surface area contributed by atoms with Gasteiger partial charge in [-0.15, -0.1) is 44.3 Å². The largest absolute Gasteiger partial charge is 0.345 e. The predicted molar refractivity (Wildman–Crippen MR) is 103 cm³/mol. The molecule has 0 heterocycles. The second-order valence-electron chi connectivity index (χ2n) is 8.04. The lowest BCUT2D eigenvalue weighted by Gasteiger charge is -2.54. The molecule has 0 aliphatic rings. The van der Waals surface area contributed by atoms with E-state index in [0.29, 0.717) is 0 Å². The first-order valence-electron chi connectivity index (χ1n) is 6.43. The van der Waals surface area contributed by atoms with Gasteiger partial charge in [0.05, 0.1) is 0 Å². The fraction of sp³-hybridized carbons (Fsp3) is 1.00. The van der Waals surface area contributed by atoms with Crippen molar-refractivity contribution < 1.29 is 0 Å². The number of rotatable bonds is 4. The minimum absolute atomic E-state index is 0.233. The van der Waals surface area contributed by atoms with Gasteiger partial charge in [0.2, 0.25) is 0 Å². The van der Waals surface area contributed by atoms with Crippen LogP contribution in [0, 0.1) is 0 Å². The average Bonchev–Trinajstić information content (AvgIpc) is 1.92. The highest BCUT2D eigenvalue weighted by atomic mass is 35.8. The fourth-order valence-corrected chi connectivity index (χ4v) is 49.3. The lowest BCUT2D eigenvalue weighted by Crippen LogP contribution is -2.76. The minimum Gasteiger partial charge on any atom is -0.345 e. The molecule has 0 aliphatic heterocycles. The molecular weight excluding hydrogens is 388 g/mol. The quantitative estimate of drug-likeness (QED) is 0.392. The van der Waals surface area contributed by atoms with Crippen molar-refractivity contribution in [3.8, 4) is 0 Å². The van der Waals surface area contributed by atoms with E-state index in [2.05, 4.69) is 63.9 Å². The highest BCUT2D eigenvalue weighted by Crippen LogP contribution is 2.53. The van der Waals surface area contributed by atoms with E-state index < -0.39 is 29.1 Å². The molecule has 1 nitrogen and oxygen atoms in total. The first-order valence-corrected chi connectivity index (χ1v) is 22.3. The molecule has 19 heavy (non-hydrogen) atoms. The van der Waals surface area contributed by atoms with Gasteiger partial charge < -0.3 is 3.90 Å². The Kier molecular flexibility index (Phi) is 6.50. The zero-order chi connectivity index (χ0) is 16.1. The predicted octanol–water partition coefficient (Wildman–Crippen LogP) is 6.17. The molecule has 0 spiro atoms. The molecule has 0 unspecified atom stereocenters. The molecule has 0 amide bonds. The monoisotopic (exact) mass is 413 g/mol. The van der Waals surface area contributed by atoms with Crippen molar-refractivity contribution in [3.05, 3.63) is 0 Å². The Morgan fingerprint density at radius 1 is 0.684 bits per heavy atom. The zero-order valence-corrected chi connectivity index (χ0v) is 20.5. The van der Waals surface area contributed by atoms with E-state index in [1.807, 2.05) is 0 Å². The summed E-state index contributed by atoms with van der Waals surface area (Å²) in [6.07, 6.45) is -5.70. The summed E-state index contributed by atoms with van der Waals surface area (Å²) in [6, 6.07) is 0. The van der Waals surface area contributed by atoms with Crippen molar-refractivity contribution in [2.75, 3.05) is 0 Å². The van der Waals surface area contributed by atoms with Gasteiger partial charge in [0.25, 0.3) is 6.21 Å². The van der Waals surface area contributed by atoms with Crippen LogP contribution in [0.1, 0.15) is 20.8 Å². The smallest absolute Gasteiger partial charge is 0.330 e. The van der Waals surface area contributed by atoms with E-state index in [9.17, 15) is 0 Å². The molecule has 0 rings (SSSR count). The molecule has 0 aliphatic carbocycles. The van der Waals surface area contributed by atoms with Crippen molar-refractivity contribution in [1.29, 1.82) is 0 Å².